The number of hydrogen-bond donors (Lipinski definition) is 2. The number of aromatic nitrogens is 3. The Bertz CT molecular complexity index is 562. The molecule has 0 saturated carbocycles. The molecular weight excluding hydrogens is 254 g/mol. The van der Waals surface area contributed by atoms with E-state index in [1.54, 1.807) is 20.9 Å². The lowest BCUT2D eigenvalue weighted by atomic mass is 10.2. The molecule has 8 heteroatoms. The van der Waals surface area contributed by atoms with Crippen LogP contribution in [-0.2, 0) is 6.54 Å². The maximum absolute atomic E-state index is 12.0. The second-order valence-corrected chi connectivity index (χ2v) is 4.41. The molecule has 2 N–H and O–H groups in total. The van der Waals surface area contributed by atoms with Crippen molar-refractivity contribution in [3.8, 4) is 0 Å². The first-order chi connectivity index (χ1) is 8.61. The van der Waals surface area contributed by atoms with E-state index in [0.717, 1.165) is 5.00 Å². The summed E-state index contributed by atoms with van der Waals surface area (Å²) in [6.45, 7) is 3.72. The van der Waals surface area contributed by atoms with Gasteiger partial charge in [-0.1, -0.05) is 5.16 Å². The Morgan fingerprint density at radius 2 is 2.22 bits per heavy atom. The van der Waals surface area contributed by atoms with Gasteiger partial charge in [0, 0.05) is 7.05 Å². The lowest BCUT2D eigenvalue weighted by Gasteiger charge is -2.03. The van der Waals surface area contributed by atoms with Gasteiger partial charge in [-0.25, -0.2) is 0 Å². The van der Waals surface area contributed by atoms with Crippen molar-refractivity contribution in [2.24, 2.45) is 0 Å². The Morgan fingerprint density at radius 3 is 2.83 bits per heavy atom. The maximum atomic E-state index is 12.0. The van der Waals surface area contributed by atoms with Gasteiger partial charge in [0.1, 0.15) is 5.00 Å². The van der Waals surface area contributed by atoms with Gasteiger partial charge in [0.2, 0.25) is 5.89 Å². The molecule has 2 heterocycles. The molecule has 0 bridgehead atoms. The van der Waals surface area contributed by atoms with Crippen LogP contribution in [0, 0.1) is 13.8 Å². The van der Waals surface area contributed by atoms with Crippen molar-refractivity contribution in [2.75, 3.05) is 12.4 Å². The van der Waals surface area contributed by atoms with E-state index in [-0.39, 0.29) is 12.5 Å². The molecule has 0 aliphatic heterocycles. The van der Waals surface area contributed by atoms with Crippen LogP contribution in [0.5, 0.6) is 0 Å². The summed E-state index contributed by atoms with van der Waals surface area (Å²) >= 11 is 1.26. The smallest absolute Gasteiger partial charge is 0.256 e. The summed E-state index contributed by atoms with van der Waals surface area (Å²) < 4.78 is 9.05. The van der Waals surface area contributed by atoms with Crippen molar-refractivity contribution in [3.05, 3.63) is 23.0 Å². The summed E-state index contributed by atoms with van der Waals surface area (Å²) in [5, 5.41) is 10.1. The Kier molecular flexibility index (Phi) is 3.56. The minimum Gasteiger partial charge on any atom is -0.378 e. The molecule has 0 aromatic carbocycles. The highest BCUT2D eigenvalue weighted by atomic mass is 32.1. The molecule has 2 rings (SSSR count). The minimum atomic E-state index is -0.207. The first-order valence-electron chi connectivity index (χ1n) is 5.33. The van der Waals surface area contributed by atoms with E-state index in [1.807, 2.05) is 0 Å². The largest absolute Gasteiger partial charge is 0.378 e. The number of amides is 1. The highest BCUT2D eigenvalue weighted by molar-refractivity contribution is 7.10. The molecule has 0 unspecified atom stereocenters. The van der Waals surface area contributed by atoms with Gasteiger partial charge in [0.25, 0.3) is 5.91 Å². The summed E-state index contributed by atoms with van der Waals surface area (Å²) in [6, 6.07) is 0. The van der Waals surface area contributed by atoms with Gasteiger partial charge in [-0.2, -0.15) is 9.36 Å². The molecule has 0 saturated heterocycles. The second kappa shape index (κ2) is 5.13. The number of rotatable bonds is 4. The van der Waals surface area contributed by atoms with E-state index < -0.39 is 0 Å². The van der Waals surface area contributed by atoms with Crippen LogP contribution in [0.15, 0.2) is 4.52 Å². The lowest BCUT2D eigenvalue weighted by molar-refractivity contribution is 0.0946. The number of aryl methyl sites for hydroxylation is 2. The van der Waals surface area contributed by atoms with Crippen LogP contribution in [0.3, 0.4) is 0 Å². The van der Waals surface area contributed by atoms with E-state index in [0.29, 0.717) is 23.0 Å². The fraction of sp³-hybridized carbons (Fsp3) is 0.400. The van der Waals surface area contributed by atoms with E-state index in [9.17, 15) is 4.79 Å². The number of carbonyl (C=O) groups is 1. The minimum absolute atomic E-state index is 0.206. The summed E-state index contributed by atoms with van der Waals surface area (Å²) in [5.74, 6) is 0.720. The van der Waals surface area contributed by atoms with Crippen LogP contribution in [0.25, 0.3) is 0 Å². The Morgan fingerprint density at radius 1 is 1.44 bits per heavy atom. The fourth-order valence-corrected chi connectivity index (χ4v) is 2.21. The van der Waals surface area contributed by atoms with Crippen LogP contribution in [0.1, 0.15) is 27.8 Å². The van der Waals surface area contributed by atoms with Crippen molar-refractivity contribution in [3.63, 3.8) is 0 Å². The maximum Gasteiger partial charge on any atom is 0.256 e. The van der Waals surface area contributed by atoms with Crippen LogP contribution < -0.4 is 10.6 Å². The van der Waals surface area contributed by atoms with Crippen molar-refractivity contribution >= 4 is 22.4 Å². The van der Waals surface area contributed by atoms with Gasteiger partial charge in [0.15, 0.2) is 5.82 Å². The number of anilines is 1. The number of nitrogens with zero attached hydrogens (tertiary/aromatic N) is 3. The van der Waals surface area contributed by atoms with Crippen LogP contribution in [-0.4, -0.2) is 27.5 Å². The predicted octanol–water partition coefficient (Wildman–Crippen LogP) is 1.11. The second-order valence-electron chi connectivity index (χ2n) is 3.64. The molecule has 0 aliphatic rings. The molecule has 0 atom stereocenters. The summed E-state index contributed by atoms with van der Waals surface area (Å²) in [7, 11) is 1.76. The Labute approximate surface area is 108 Å². The highest BCUT2D eigenvalue weighted by Crippen LogP contribution is 2.23. The molecule has 1 amide bonds. The number of hydrogen-bond acceptors (Lipinski definition) is 7. The number of carbonyl (C=O) groups excluding carboxylic acids is 1. The average molecular weight is 267 g/mol. The van der Waals surface area contributed by atoms with Crippen LogP contribution in [0.4, 0.5) is 5.00 Å². The van der Waals surface area contributed by atoms with Crippen molar-refractivity contribution in [2.45, 2.75) is 20.4 Å². The van der Waals surface area contributed by atoms with Crippen molar-refractivity contribution in [1.82, 2.24) is 19.8 Å². The van der Waals surface area contributed by atoms with E-state index in [1.165, 1.54) is 11.5 Å². The predicted molar refractivity (Wildman–Crippen MR) is 66.6 cm³/mol. The third kappa shape index (κ3) is 2.48. The normalized spacial score (nSPS) is 10.4. The monoisotopic (exact) mass is 267 g/mol. The summed E-state index contributed by atoms with van der Waals surface area (Å²) in [4.78, 5) is 16.0. The Hall–Kier alpha value is -1.96. The van der Waals surface area contributed by atoms with Gasteiger partial charge in [-0.15, -0.1) is 0 Å². The molecule has 7 nitrogen and oxygen atoms in total. The molecule has 0 aliphatic carbocycles. The van der Waals surface area contributed by atoms with Gasteiger partial charge in [-0.3, -0.25) is 4.79 Å². The third-order valence-corrected chi connectivity index (χ3v) is 3.24. The van der Waals surface area contributed by atoms with Crippen molar-refractivity contribution in [1.29, 1.82) is 0 Å². The van der Waals surface area contributed by atoms with Gasteiger partial charge in [-0.05, 0) is 25.4 Å². The third-order valence-electron chi connectivity index (χ3n) is 2.29. The van der Waals surface area contributed by atoms with Gasteiger partial charge >= 0.3 is 0 Å². The fourth-order valence-electron chi connectivity index (χ4n) is 1.46. The standard InChI is InChI=1S/C10H13N5O2S/c1-5-8(10(11-3)18-15-5)9(16)12-4-7-13-6(2)14-17-7/h11H,4H2,1-3H3,(H,12,16). The van der Waals surface area contributed by atoms with E-state index >= 15 is 0 Å². The zero-order chi connectivity index (χ0) is 13.1. The molecule has 2 aromatic rings. The summed E-state index contributed by atoms with van der Waals surface area (Å²) in [6.07, 6.45) is 0. The van der Waals surface area contributed by atoms with E-state index in [2.05, 4.69) is 25.1 Å². The SMILES string of the molecule is CNc1snc(C)c1C(=O)NCc1nc(C)no1. The van der Waals surface area contributed by atoms with Crippen molar-refractivity contribution < 1.29 is 9.32 Å². The zero-order valence-corrected chi connectivity index (χ0v) is 11.1. The van der Waals surface area contributed by atoms with E-state index in [4.69, 9.17) is 4.52 Å². The first-order valence-corrected chi connectivity index (χ1v) is 6.10. The quantitative estimate of drug-likeness (QED) is 0.862. The molecule has 2 aromatic heterocycles. The molecule has 96 valence electrons. The topological polar surface area (TPSA) is 92.9 Å². The average Bonchev–Trinajstić information content (AvgIpc) is 2.92. The molecule has 0 spiro atoms. The van der Waals surface area contributed by atoms with Crippen LogP contribution >= 0.6 is 11.5 Å². The first kappa shape index (κ1) is 12.5. The van der Waals surface area contributed by atoms with Crippen LogP contribution in [0.2, 0.25) is 0 Å². The highest BCUT2D eigenvalue weighted by Gasteiger charge is 2.18. The van der Waals surface area contributed by atoms with Gasteiger partial charge in [0.05, 0.1) is 17.8 Å². The molecule has 0 radical (unpaired) electrons. The molecule has 0 fully saturated rings. The Balaban J connectivity index is 2.05. The number of nitrogens with one attached hydrogen (secondary N) is 2. The molecular formula is C10H13N5O2S. The van der Waals surface area contributed by atoms with Gasteiger partial charge < -0.3 is 15.2 Å². The lowest BCUT2D eigenvalue weighted by Crippen LogP contribution is -2.24. The molecule has 18 heavy (non-hydrogen) atoms. The summed E-state index contributed by atoms with van der Waals surface area (Å²) in [5.41, 5.74) is 1.25. The zero-order valence-electron chi connectivity index (χ0n) is 10.3.